The zero-order valence-electron chi connectivity index (χ0n) is 11.6. The van der Waals surface area contributed by atoms with Gasteiger partial charge in [-0.15, -0.1) is 0 Å². The molecule has 5 nitrogen and oxygen atoms in total. The van der Waals surface area contributed by atoms with Gasteiger partial charge in [-0.1, -0.05) is 0 Å². The molecule has 6 heteroatoms. The van der Waals surface area contributed by atoms with E-state index in [1.807, 2.05) is 38.6 Å². The molecule has 1 aliphatic heterocycles. The van der Waals surface area contributed by atoms with Gasteiger partial charge in [0.05, 0.1) is 11.2 Å². The second-order valence-corrected chi connectivity index (χ2v) is 5.77. The molecule has 1 aromatic rings. The van der Waals surface area contributed by atoms with Crippen LogP contribution in [0, 0.1) is 0 Å². The van der Waals surface area contributed by atoms with Crippen molar-refractivity contribution < 1.29 is 9.31 Å². The van der Waals surface area contributed by atoms with Crippen LogP contribution in [0.3, 0.4) is 0 Å². The molecule has 0 aromatic carbocycles. The van der Waals surface area contributed by atoms with Crippen molar-refractivity contribution >= 4 is 12.6 Å². The Hall–Kier alpha value is -0.845. The van der Waals surface area contributed by atoms with Crippen molar-refractivity contribution in [2.45, 2.75) is 51.9 Å². The normalized spacial score (nSPS) is 21.5. The quantitative estimate of drug-likeness (QED) is 0.793. The van der Waals surface area contributed by atoms with Gasteiger partial charge in [-0.25, -0.2) is 0 Å². The molecule has 2 N–H and O–H groups in total. The SMILES string of the molecule is CC1(C)OB(c2cnn(CCCN)c2)OC1(C)C. The molecule has 0 bridgehead atoms. The summed E-state index contributed by atoms with van der Waals surface area (Å²) in [5, 5.41) is 4.29. The summed E-state index contributed by atoms with van der Waals surface area (Å²) >= 11 is 0. The molecule has 1 aliphatic rings. The zero-order chi connectivity index (χ0) is 13.4. The van der Waals surface area contributed by atoms with Crippen molar-refractivity contribution in [3.05, 3.63) is 12.4 Å². The lowest BCUT2D eigenvalue weighted by atomic mass is 9.82. The molecular formula is C12H22BN3O2. The van der Waals surface area contributed by atoms with E-state index in [9.17, 15) is 0 Å². The first-order valence-electron chi connectivity index (χ1n) is 6.44. The Morgan fingerprint density at radius 2 is 1.89 bits per heavy atom. The van der Waals surface area contributed by atoms with Crippen molar-refractivity contribution in [2.75, 3.05) is 6.54 Å². The standard InChI is InChI=1S/C12H22BN3O2/c1-11(2)12(3,4)18-13(17-11)10-8-15-16(9-10)7-5-6-14/h8-9H,5-7,14H2,1-4H3. The molecular weight excluding hydrogens is 229 g/mol. The predicted molar refractivity (Wildman–Crippen MR) is 71.6 cm³/mol. The van der Waals surface area contributed by atoms with Crippen molar-refractivity contribution in [1.29, 1.82) is 0 Å². The Morgan fingerprint density at radius 1 is 1.28 bits per heavy atom. The highest BCUT2D eigenvalue weighted by atomic mass is 16.7. The lowest BCUT2D eigenvalue weighted by Gasteiger charge is -2.32. The van der Waals surface area contributed by atoms with Crippen LogP contribution in [0.5, 0.6) is 0 Å². The average molecular weight is 251 g/mol. The molecule has 0 amide bonds. The fourth-order valence-electron chi connectivity index (χ4n) is 1.86. The van der Waals surface area contributed by atoms with Gasteiger partial charge in [0, 0.05) is 24.4 Å². The minimum atomic E-state index is -0.332. The number of hydrogen-bond acceptors (Lipinski definition) is 4. The highest BCUT2D eigenvalue weighted by Gasteiger charge is 2.52. The van der Waals surface area contributed by atoms with E-state index in [0.29, 0.717) is 6.54 Å². The first-order valence-corrected chi connectivity index (χ1v) is 6.44. The molecule has 18 heavy (non-hydrogen) atoms. The van der Waals surface area contributed by atoms with E-state index in [4.69, 9.17) is 15.0 Å². The van der Waals surface area contributed by atoms with E-state index < -0.39 is 0 Å². The van der Waals surface area contributed by atoms with E-state index in [2.05, 4.69) is 5.10 Å². The maximum Gasteiger partial charge on any atom is 0.498 e. The van der Waals surface area contributed by atoms with E-state index in [0.717, 1.165) is 18.4 Å². The number of aromatic nitrogens is 2. The zero-order valence-corrected chi connectivity index (χ0v) is 11.6. The summed E-state index contributed by atoms with van der Waals surface area (Å²) in [5.41, 5.74) is 5.83. The van der Waals surface area contributed by atoms with Crippen molar-refractivity contribution in [3.63, 3.8) is 0 Å². The number of nitrogens with two attached hydrogens (primary N) is 1. The molecule has 0 saturated carbocycles. The molecule has 100 valence electrons. The van der Waals surface area contributed by atoms with Crippen LogP contribution in [0.4, 0.5) is 0 Å². The topological polar surface area (TPSA) is 62.3 Å². The average Bonchev–Trinajstić information content (AvgIpc) is 2.80. The minimum absolute atomic E-state index is 0.309. The van der Waals surface area contributed by atoms with Gasteiger partial charge in [0.25, 0.3) is 0 Å². The van der Waals surface area contributed by atoms with Crippen molar-refractivity contribution in [2.24, 2.45) is 5.73 Å². The first kappa shape index (κ1) is 13.6. The van der Waals surface area contributed by atoms with Crippen LogP contribution in [0.2, 0.25) is 0 Å². The fourth-order valence-corrected chi connectivity index (χ4v) is 1.86. The smallest absolute Gasteiger partial charge is 0.399 e. The third kappa shape index (κ3) is 2.46. The van der Waals surface area contributed by atoms with E-state index in [1.165, 1.54) is 0 Å². The predicted octanol–water partition coefficient (Wildman–Crippen LogP) is 0.531. The summed E-state index contributed by atoms with van der Waals surface area (Å²) in [4.78, 5) is 0. The van der Waals surface area contributed by atoms with Crippen LogP contribution in [-0.2, 0) is 15.9 Å². The van der Waals surface area contributed by atoms with Crippen LogP contribution >= 0.6 is 0 Å². The van der Waals surface area contributed by atoms with Gasteiger partial charge in [0.15, 0.2) is 0 Å². The maximum atomic E-state index is 5.97. The van der Waals surface area contributed by atoms with Crippen LogP contribution in [0.15, 0.2) is 12.4 Å². The highest BCUT2D eigenvalue weighted by Crippen LogP contribution is 2.36. The van der Waals surface area contributed by atoms with Crippen LogP contribution < -0.4 is 11.2 Å². The monoisotopic (exact) mass is 251 g/mol. The van der Waals surface area contributed by atoms with Gasteiger partial charge in [0.2, 0.25) is 0 Å². The Bertz CT molecular complexity index is 401. The highest BCUT2D eigenvalue weighted by molar-refractivity contribution is 6.61. The van der Waals surface area contributed by atoms with Gasteiger partial charge >= 0.3 is 7.12 Å². The summed E-state index contributed by atoms with van der Waals surface area (Å²) in [7, 11) is -0.332. The number of aryl methyl sites for hydroxylation is 1. The minimum Gasteiger partial charge on any atom is -0.399 e. The summed E-state index contributed by atoms with van der Waals surface area (Å²) in [5.74, 6) is 0. The summed E-state index contributed by atoms with van der Waals surface area (Å²) in [6.07, 6.45) is 4.70. The molecule has 0 radical (unpaired) electrons. The Kier molecular flexibility index (Phi) is 3.53. The summed E-state index contributed by atoms with van der Waals surface area (Å²) in [6, 6.07) is 0. The molecule has 1 saturated heterocycles. The van der Waals surface area contributed by atoms with E-state index in [-0.39, 0.29) is 18.3 Å². The van der Waals surface area contributed by atoms with Gasteiger partial charge < -0.3 is 15.0 Å². The van der Waals surface area contributed by atoms with Gasteiger partial charge in [-0.2, -0.15) is 5.10 Å². The van der Waals surface area contributed by atoms with Crippen LogP contribution in [-0.4, -0.2) is 34.6 Å². The van der Waals surface area contributed by atoms with Crippen molar-refractivity contribution in [3.8, 4) is 0 Å². The van der Waals surface area contributed by atoms with Crippen LogP contribution in [0.1, 0.15) is 34.1 Å². The van der Waals surface area contributed by atoms with Gasteiger partial charge in [0.1, 0.15) is 0 Å². The molecule has 0 aliphatic carbocycles. The number of nitrogens with zero attached hydrogens (tertiary/aromatic N) is 2. The number of hydrogen-bond donors (Lipinski definition) is 1. The summed E-state index contributed by atoms with van der Waals surface area (Å²) in [6.45, 7) is 9.69. The van der Waals surface area contributed by atoms with E-state index in [1.54, 1.807) is 6.20 Å². The van der Waals surface area contributed by atoms with E-state index >= 15 is 0 Å². The molecule has 0 atom stereocenters. The second-order valence-electron chi connectivity index (χ2n) is 5.77. The first-order chi connectivity index (χ1) is 8.36. The Morgan fingerprint density at radius 3 is 2.44 bits per heavy atom. The lowest BCUT2D eigenvalue weighted by Crippen LogP contribution is -2.41. The second kappa shape index (κ2) is 4.68. The fraction of sp³-hybridized carbons (Fsp3) is 0.750. The third-order valence-electron chi connectivity index (χ3n) is 3.77. The third-order valence-corrected chi connectivity index (χ3v) is 3.77. The summed E-state index contributed by atoms with van der Waals surface area (Å²) < 4.78 is 13.8. The Labute approximate surface area is 109 Å². The van der Waals surface area contributed by atoms with Crippen LogP contribution in [0.25, 0.3) is 0 Å². The molecule has 2 rings (SSSR count). The lowest BCUT2D eigenvalue weighted by molar-refractivity contribution is 0.00578. The molecule has 1 aromatic heterocycles. The van der Waals surface area contributed by atoms with Gasteiger partial charge in [-0.3, -0.25) is 4.68 Å². The maximum absolute atomic E-state index is 5.97. The Balaban J connectivity index is 2.07. The molecule has 2 heterocycles. The van der Waals surface area contributed by atoms with Crippen molar-refractivity contribution in [1.82, 2.24) is 9.78 Å². The van der Waals surface area contributed by atoms with Gasteiger partial charge in [-0.05, 0) is 40.7 Å². The largest absolute Gasteiger partial charge is 0.498 e. The molecule has 0 spiro atoms. The number of rotatable bonds is 4. The molecule has 0 unspecified atom stereocenters. The molecule has 1 fully saturated rings.